The highest BCUT2D eigenvalue weighted by atomic mass is 79.9. The van der Waals surface area contributed by atoms with Crippen molar-refractivity contribution in [1.29, 1.82) is 0 Å². The molecular formula is C15H10BrN3O. The summed E-state index contributed by atoms with van der Waals surface area (Å²) in [5, 5.41) is 3.82. The molecule has 0 saturated carbocycles. The average molecular weight is 328 g/mol. The number of nitrogens with zero attached hydrogens (tertiary/aromatic N) is 2. The average Bonchev–Trinajstić information content (AvgIpc) is 2.51. The molecule has 0 spiro atoms. The van der Waals surface area contributed by atoms with Gasteiger partial charge in [0.15, 0.2) is 0 Å². The summed E-state index contributed by atoms with van der Waals surface area (Å²) in [7, 11) is 0. The molecule has 0 radical (unpaired) electrons. The number of carbonyl (C=O) groups is 1. The van der Waals surface area contributed by atoms with Crippen molar-refractivity contribution in [3.8, 4) is 0 Å². The molecule has 0 unspecified atom stereocenters. The zero-order valence-corrected chi connectivity index (χ0v) is 12.0. The molecular weight excluding hydrogens is 318 g/mol. The quantitative estimate of drug-likeness (QED) is 0.781. The molecule has 2 heterocycles. The van der Waals surface area contributed by atoms with Gasteiger partial charge in [-0.05, 0) is 30.3 Å². The van der Waals surface area contributed by atoms with Crippen molar-refractivity contribution in [3.63, 3.8) is 0 Å². The summed E-state index contributed by atoms with van der Waals surface area (Å²) in [5.41, 5.74) is 1.94. The highest BCUT2D eigenvalue weighted by Gasteiger charge is 2.10. The van der Waals surface area contributed by atoms with E-state index in [1.54, 1.807) is 24.5 Å². The molecule has 0 atom stereocenters. The number of pyridine rings is 2. The molecule has 1 N–H and O–H groups in total. The van der Waals surface area contributed by atoms with Crippen LogP contribution in [0, 0.1) is 0 Å². The lowest BCUT2D eigenvalue weighted by molar-refractivity contribution is 0.102. The second kappa shape index (κ2) is 5.38. The molecule has 3 rings (SSSR count). The summed E-state index contributed by atoms with van der Waals surface area (Å²) in [6.07, 6.45) is 4.87. The Morgan fingerprint density at radius 3 is 2.75 bits per heavy atom. The predicted octanol–water partition coefficient (Wildman–Crippen LogP) is 3.64. The molecule has 0 fully saturated rings. The normalized spacial score (nSPS) is 10.4. The third-order valence-corrected chi connectivity index (χ3v) is 3.58. The van der Waals surface area contributed by atoms with E-state index in [2.05, 4.69) is 31.2 Å². The molecule has 5 heteroatoms. The van der Waals surface area contributed by atoms with Crippen molar-refractivity contribution >= 4 is 38.4 Å². The van der Waals surface area contributed by atoms with Crippen molar-refractivity contribution < 1.29 is 4.79 Å². The number of benzene rings is 1. The van der Waals surface area contributed by atoms with Crippen LogP contribution in [0.15, 0.2) is 59.5 Å². The van der Waals surface area contributed by atoms with Gasteiger partial charge in [0, 0.05) is 28.4 Å². The van der Waals surface area contributed by atoms with Gasteiger partial charge in [0.2, 0.25) is 0 Å². The van der Waals surface area contributed by atoms with Gasteiger partial charge >= 0.3 is 0 Å². The van der Waals surface area contributed by atoms with Gasteiger partial charge in [-0.3, -0.25) is 14.8 Å². The highest BCUT2D eigenvalue weighted by Crippen LogP contribution is 2.28. The van der Waals surface area contributed by atoms with Crippen LogP contribution in [0.2, 0.25) is 0 Å². The van der Waals surface area contributed by atoms with Crippen molar-refractivity contribution in [3.05, 3.63) is 65.0 Å². The van der Waals surface area contributed by atoms with Gasteiger partial charge < -0.3 is 5.32 Å². The number of halogens is 1. The number of amides is 1. The summed E-state index contributed by atoms with van der Waals surface area (Å²) >= 11 is 3.48. The Hall–Kier alpha value is -2.27. The minimum atomic E-state index is -0.202. The fourth-order valence-electron chi connectivity index (χ4n) is 1.93. The minimum Gasteiger partial charge on any atom is -0.320 e. The first-order valence-electron chi connectivity index (χ1n) is 6.00. The molecule has 20 heavy (non-hydrogen) atoms. The van der Waals surface area contributed by atoms with E-state index in [0.717, 1.165) is 15.4 Å². The predicted molar refractivity (Wildman–Crippen MR) is 81.6 cm³/mol. The lowest BCUT2D eigenvalue weighted by atomic mass is 10.2. The molecule has 4 nitrogen and oxygen atoms in total. The van der Waals surface area contributed by atoms with Crippen LogP contribution in [-0.2, 0) is 0 Å². The minimum absolute atomic E-state index is 0.202. The van der Waals surface area contributed by atoms with Crippen LogP contribution in [0.3, 0.4) is 0 Å². The number of hydrogen-bond acceptors (Lipinski definition) is 3. The van der Waals surface area contributed by atoms with Crippen molar-refractivity contribution in [1.82, 2.24) is 9.97 Å². The lowest BCUT2D eigenvalue weighted by Gasteiger charge is -2.09. The number of hydrogen-bond donors (Lipinski definition) is 1. The molecule has 1 aromatic carbocycles. The van der Waals surface area contributed by atoms with Crippen LogP contribution >= 0.6 is 15.9 Å². The monoisotopic (exact) mass is 327 g/mol. The lowest BCUT2D eigenvalue weighted by Crippen LogP contribution is -2.12. The van der Waals surface area contributed by atoms with Gasteiger partial charge in [0.05, 0.1) is 16.8 Å². The van der Waals surface area contributed by atoms with E-state index in [0.29, 0.717) is 11.3 Å². The van der Waals surface area contributed by atoms with Crippen molar-refractivity contribution in [2.75, 3.05) is 5.32 Å². The highest BCUT2D eigenvalue weighted by molar-refractivity contribution is 9.10. The number of aromatic nitrogens is 2. The Morgan fingerprint density at radius 2 is 1.95 bits per heavy atom. The first kappa shape index (κ1) is 12.7. The maximum absolute atomic E-state index is 12.2. The maximum Gasteiger partial charge on any atom is 0.257 e. The number of fused-ring (bicyclic) bond motifs is 1. The van der Waals surface area contributed by atoms with Gasteiger partial charge in [-0.2, -0.15) is 0 Å². The molecule has 0 aliphatic carbocycles. The van der Waals surface area contributed by atoms with Crippen LogP contribution in [0.5, 0.6) is 0 Å². The number of carbonyl (C=O) groups excluding carboxylic acids is 1. The smallest absolute Gasteiger partial charge is 0.257 e. The van der Waals surface area contributed by atoms with Crippen molar-refractivity contribution in [2.24, 2.45) is 0 Å². The molecule has 0 aliphatic heterocycles. The van der Waals surface area contributed by atoms with Crippen LogP contribution in [0.1, 0.15) is 10.4 Å². The zero-order valence-electron chi connectivity index (χ0n) is 10.4. The van der Waals surface area contributed by atoms with Crippen LogP contribution < -0.4 is 5.32 Å². The van der Waals surface area contributed by atoms with Gasteiger partial charge in [-0.25, -0.2) is 0 Å². The van der Waals surface area contributed by atoms with E-state index in [1.807, 2.05) is 24.3 Å². The Balaban J connectivity index is 2.00. The Morgan fingerprint density at radius 1 is 1.10 bits per heavy atom. The van der Waals surface area contributed by atoms with E-state index in [4.69, 9.17) is 0 Å². The Bertz CT molecular complexity index is 774. The molecule has 0 bridgehead atoms. The van der Waals surface area contributed by atoms with Gasteiger partial charge in [0.1, 0.15) is 0 Å². The standard InChI is InChI=1S/C15H10BrN3O/c16-12-5-6-13(14-11(12)4-2-8-18-14)19-15(20)10-3-1-7-17-9-10/h1-9H,(H,19,20). The van der Waals surface area contributed by atoms with Gasteiger partial charge in [0.25, 0.3) is 5.91 Å². The van der Waals surface area contributed by atoms with E-state index >= 15 is 0 Å². The first-order valence-corrected chi connectivity index (χ1v) is 6.79. The summed E-state index contributed by atoms with van der Waals surface area (Å²) < 4.78 is 0.944. The molecule has 0 saturated heterocycles. The van der Waals surface area contributed by atoms with Crippen LogP contribution in [-0.4, -0.2) is 15.9 Å². The maximum atomic E-state index is 12.2. The summed E-state index contributed by atoms with van der Waals surface area (Å²) in [6.45, 7) is 0. The summed E-state index contributed by atoms with van der Waals surface area (Å²) in [4.78, 5) is 20.4. The number of nitrogens with one attached hydrogen (secondary N) is 1. The van der Waals surface area contributed by atoms with E-state index in [9.17, 15) is 4.79 Å². The second-order valence-electron chi connectivity index (χ2n) is 4.19. The third kappa shape index (κ3) is 2.40. The van der Waals surface area contributed by atoms with E-state index < -0.39 is 0 Å². The SMILES string of the molecule is O=C(Nc1ccc(Br)c2cccnc12)c1cccnc1. The molecule has 2 aromatic heterocycles. The van der Waals surface area contributed by atoms with Gasteiger partial charge in [-0.1, -0.05) is 22.0 Å². The molecule has 3 aromatic rings. The van der Waals surface area contributed by atoms with Gasteiger partial charge in [-0.15, -0.1) is 0 Å². The zero-order chi connectivity index (χ0) is 13.9. The van der Waals surface area contributed by atoms with Crippen LogP contribution in [0.4, 0.5) is 5.69 Å². The molecule has 1 amide bonds. The molecule has 0 aliphatic rings. The largest absolute Gasteiger partial charge is 0.320 e. The van der Waals surface area contributed by atoms with E-state index in [-0.39, 0.29) is 5.91 Å². The third-order valence-electron chi connectivity index (χ3n) is 2.89. The summed E-state index contributed by atoms with van der Waals surface area (Å²) in [6, 6.07) is 11.0. The number of anilines is 1. The fraction of sp³-hybridized carbons (Fsp3) is 0. The van der Waals surface area contributed by atoms with Crippen molar-refractivity contribution in [2.45, 2.75) is 0 Å². The van der Waals surface area contributed by atoms with Crippen LogP contribution in [0.25, 0.3) is 10.9 Å². The van der Waals surface area contributed by atoms with E-state index in [1.165, 1.54) is 6.20 Å². The fourth-order valence-corrected chi connectivity index (χ4v) is 2.38. The number of rotatable bonds is 2. The Labute approximate surface area is 124 Å². The first-order chi connectivity index (χ1) is 9.75. The second-order valence-corrected chi connectivity index (χ2v) is 5.04. The topological polar surface area (TPSA) is 54.9 Å². The molecule has 98 valence electrons. The summed E-state index contributed by atoms with van der Waals surface area (Å²) in [5.74, 6) is -0.202. The Kier molecular flexibility index (Phi) is 3.43.